The Morgan fingerprint density at radius 1 is 0.421 bits per heavy atom. The van der Waals surface area contributed by atoms with Crippen LogP contribution in [0.3, 0.4) is 0 Å². The van der Waals surface area contributed by atoms with Gasteiger partial charge < -0.3 is 24.1 Å². The van der Waals surface area contributed by atoms with Crippen LogP contribution in [-0.2, 0) is 0 Å². The van der Waals surface area contributed by atoms with Gasteiger partial charge in [0.1, 0.15) is 51.7 Å². The Morgan fingerprint density at radius 2 is 0.632 bits per heavy atom. The molecule has 1 N–H and O–H groups in total. The van der Waals surface area contributed by atoms with Gasteiger partial charge >= 0.3 is 0 Å². The van der Waals surface area contributed by atoms with E-state index in [0.29, 0.717) is 46.0 Å². The number of nitrogens with zero attached hydrogens (tertiary/aromatic N) is 1. The van der Waals surface area contributed by atoms with Crippen LogP contribution in [0.25, 0.3) is 0 Å². The molecule has 0 fully saturated rings. The van der Waals surface area contributed by atoms with Gasteiger partial charge in [-0.05, 0) is 109 Å². The van der Waals surface area contributed by atoms with Gasteiger partial charge in [-0.1, -0.05) is 0 Å². The molecular weight excluding hydrogens is 486 g/mol. The number of nitro benzene ring substituents is 1. The Bertz CT molecular complexity index is 1500. The maximum Gasteiger partial charge on any atom is 0.269 e. The largest absolute Gasteiger partial charge is 0.508 e. The first-order valence-electron chi connectivity index (χ1n) is 11.6. The normalized spacial score (nSPS) is 10.4. The molecule has 5 rings (SSSR count). The van der Waals surface area contributed by atoms with Gasteiger partial charge in [-0.15, -0.1) is 0 Å². The summed E-state index contributed by atoms with van der Waals surface area (Å²) >= 11 is 0. The minimum absolute atomic E-state index is 0.00648. The van der Waals surface area contributed by atoms with Crippen LogP contribution >= 0.6 is 0 Å². The molecule has 0 aliphatic heterocycles. The van der Waals surface area contributed by atoms with Crippen LogP contribution in [0.5, 0.6) is 51.7 Å². The standard InChI is InChI=1S/C30H21NO7/c32-22-3-7-24(8-4-22)36-26-11-15-28(16-12-26)38-30-19-17-29(18-20-30)37-27-13-9-25(10-14-27)35-23-5-1-21(2-6-23)31(33)34/h1-20,32H. The number of phenolic OH excluding ortho intramolecular Hbond substituents is 1. The lowest BCUT2D eigenvalue weighted by atomic mass is 10.3. The molecule has 0 atom stereocenters. The summed E-state index contributed by atoms with van der Waals surface area (Å²) in [5, 5.41) is 20.1. The molecule has 0 unspecified atom stereocenters. The number of hydrogen-bond acceptors (Lipinski definition) is 7. The second-order valence-electron chi connectivity index (χ2n) is 8.07. The first kappa shape index (κ1) is 24.2. The van der Waals surface area contributed by atoms with E-state index in [-0.39, 0.29) is 11.4 Å². The smallest absolute Gasteiger partial charge is 0.269 e. The summed E-state index contributed by atoms with van der Waals surface area (Å²) in [6.07, 6.45) is 0. The van der Waals surface area contributed by atoms with Crippen molar-refractivity contribution in [3.8, 4) is 51.7 Å². The van der Waals surface area contributed by atoms with E-state index < -0.39 is 4.92 Å². The maximum absolute atomic E-state index is 10.8. The summed E-state index contributed by atoms with van der Waals surface area (Å²) in [4.78, 5) is 10.3. The van der Waals surface area contributed by atoms with Crippen LogP contribution in [0, 0.1) is 10.1 Å². The molecule has 0 aliphatic carbocycles. The van der Waals surface area contributed by atoms with E-state index in [0.717, 1.165) is 0 Å². The highest BCUT2D eigenvalue weighted by Crippen LogP contribution is 2.31. The topological polar surface area (TPSA) is 100 Å². The molecule has 0 radical (unpaired) electrons. The summed E-state index contributed by atoms with van der Waals surface area (Å²) in [5.41, 5.74) is 0.00648. The second-order valence-corrected chi connectivity index (χ2v) is 8.07. The fourth-order valence-corrected chi connectivity index (χ4v) is 3.42. The summed E-state index contributed by atoms with van der Waals surface area (Å²) in [6.45, 7) is 0. The van der Waals surface area contributed by atoms with Crippen LogP contribution in [-0.4, -0.2) is 10.0 Å². The molecule has 0 bridgehead atoms. The molecule has 8 heteroatoms. The van der Waals surface area contributed by atoms with Gasteiger partial charge in [0.25, 0.3) is 5.69 Å². The lowest BCUT2D eigenvalue weighted by Gasteiger charge is -2.10. The number of hydrogen-bond donors (Lipinski definition) is 1. The zero-order valence-electron chi connectivity index (χ0n) is 19.9. The van der Waals surface area contributed by atoms with Gasteiger partial charge in [-0.3, -0.25) is 10.1 Å². The molecule has 5 aromatic rings. The Labute approximate surface area is 218 Å². The Kier molecular flexibility index (Phi) is 7.04. The Hall–Kier alpha value is -5.50. The van der Waals surface area contributed by atoms with E-state index in [1.54, 1.807) is 97.1 Å². The van der Waals surface area contributed by atoms with Gasteiger partial charge in [0, 0.05) is 12.1 Å². The van der Waals surface area contributed by atoms with E-state index in [2.05, 4.69) is 0 Å². The fraction of sp³-hybridized carbons (Fsp3) is 0. The summed E-state index contributed by atoms with van der Waals surface area (Å²) in [7, 11) is 0. The van der Waals surface area contributed by atoms with E-state index >= 15 is 0 Å². The van der Waals surface area contributed by atoms with Crippen molar-refractivity contribution in [2.45, 2.75) is 0 Å². The molecule has 38 heavy (non-hydrogen) atoms. The van der Waals surface area contributed by atoms with Gasteiger partial charge in [-0.25, -0.2) is 0 Å². The van der Waals surface area contributed by atoms with Crippen molar-refractivity contribution in [3.63, 3.8) is 0 Å². The molecule has 0 aliphatic rings. The average Bonchev–Trinajstić information content (AvgIpc) is 2.93. The van der Waals surface area contributed by atoms with E-state index in [4.69, 9.17) is 18.9 Å². The zero-order chi connectivity index (χ0) is 26.3. The monoisotopic (exact) mass is 507 g/mol. The number of rotatable bonds is 9. The van der Waals surface area contributed by atoms with Crippen molar-refractivity contribution < 1.29 is 29.0 Å². The first-order valence-corrected chi connectivity index (χ1v) is 11.6. The van der Waals surface area contributed by atoms with Crippen molar-refractivity contribution in [2.75, 3.05) is 0 Å². The van der Waals surface area contributed by atoms with Crippen LogP contribution in [0.1, 0.15) is 0 Å². The van der Waals surface area contributed by atoms with Crippen molar-refractivity contribution in [2.24, 2.45) is 0 Å². The molecule has 0 amide bonds. The highest BCUT2D eigenvalue weighted by Gasteiger charge is 2.06. The highest BCUT2D eigenvalue weighted by molar-refractivity contribution is 5.43. The molecule has 0 saturated carbocycles. The SMILES string of the molecule is O=[N+]([O-])c1ccc(Oc2ccc(Oc3ccc(Oc4ccc(Oc5ccc(O)cc5)cc4)cc3)cc2)cc1. The average molecular weight is 507 g/mol. The van der Waals surface area contributed by atoms with Crippen molar-refractivity contribution in [1.82, 2.24) is 0 Å². The number of aromatic hydroxyl groups is 1. The van der Waals surface area contributed by atoms with Crippen molar-refractivity contribution in [3.05, 3.63) is 131 Å². The number of nitro groups is 1. The summed E-state index contributed by atoms with van der Waals surface area (Å²) in [5.74, 6) is 5.10. The molecule has 5 aromatic carbocycles. The minimum Gasteiger partial charge on any atom is -0.508 e. The predicted molar refractivity (Wildman–Crippen MR) is 141 cm³/mol. The van der Waals surface area contributed by atoms with Gasteiger partial charge in [0.2, 0.25) is 0 Å². The lowest BCUT2D eigenvalue weighted by molar-refractivity contribution is -0.384. The third kappa shape index (κ3) is 6.38. The summed E-state index contributed by atoms with van der Waals surface area (Å²) < 4.78 is 23.3. The van der Waals surface area contributed by atoms with Crippen molar-refractivity contribution in [1.29, 1.82) is 0 Å². The third-order valence-corrected chi connectivity index (χ3v) is 5.30. The number of benzene rings is 5. The zero-order valence-corrected chi connectivity index (χ0v) is 19.9. The van der Waals surface area contributed by atoms with E-state index in [9.17, 15) is 15.2 Å². The number of non-ortho nitro benzene ring substituents is 1. The molecule has 188 valence electrons. The van der Waals surface area contributed by atoms with Crippen LogP contribution in [0.4, 0.5) is 5.69 Å². The molecule has 8 nitrogen and oxygen atoms in total. The van der Waals surface area contributed by atoms with Crippen molar-refractivity contribution >= 4 is 5.69 Å². The maximum atomic E-state index is 10.8. The molecule has 0 heterocycles. The Morgan fingerprint density at radius 3 is 0.868 bits per heavy atom. The van der Waals surface area contributed by atoms with Gasteiger partial charge in [0.05, 0.1) is 4.92 Å². The van der Waals surface area contributed by atoms with Crippen LogP contribution in [0.15, 0.2) is 121 Å². The summed E-state index contributed by atoms with van der Waals surface area (Å²) in [6, 6.07) is 33.9. The lowest BCUT2D eigenvalue weighted by Crippen LogP contribution is -1.89. The number of ether oxygens (including phenoxy) is 4. The molecule has 0 aromatic heterocycles. The second kappa shape index (κ2) is 11.0. The molecular formula is C30H21NO7. The van der Waals surface area contributed by atoms with E-state index in [1.165, 1.54) is 12.1 Å². The van der Waals surface area contributed by atoms with E-state index in [1.807, 2.05) is 12.1 Å². The molecule has 0 spiro atoms. The third-order valence-electron chi connectivity index (χ3n) is 5.30. The van der Waals surface area contributed by atoms with Gasteiger partial charge in [0.15, 0.2) is 0 Å². The Balaban J connectivity index is 1.14. The fourth-order valence-electron chi connectivity index (χ4n) is 3.42. The van der Waals surface area contributed by atoms with Crippen LogP contribution < -0.4 is 18.9 Å². The first-order chi connectivity index (χ1) is 18.5. The predicted octanol–water partition coefficient (Wildman–Crippen LogP) is 8.47. The van der Waals surface area contributed by atoms with Gasteiger partial charge in [-0.2, -0.15) is 0 Å². The molecule has 0 saturated heterocycles. The highest BCUT2D eigenvalue weighted by atomic mass is 16.6. The van der Waals surface area contributed by atoms with Crippen LogP contribution in [0.2, 0.25) is 0 Å². The minimum atomic E-state index is -0.455. The number of phenols is 1. The quantitative estimate of drug-likeness (QED) is 0.158.